The summed E-state index contributed by atoms with van der Waals surface area (Å²) in [5.41, 5.74) is -3.52. The second-order valence-electron chi connectivity index (χ2n) is 14.4. The van der Waals surface area contributed by atoms with Gasteiger partial charge >= 0.3 is 11.8 Å². The number of nitrogens with one attached hydrogen (secondary N) is 1. The van der Waals surface area contributed by atoms with Crippen LogP contribution in [0.2, 0.25) is 0 Å². The van der Waals surface area contributed by atoms with Crippen molar-refractivity contribution in [1.29, 1.82) is 0 Å². The van der Waals surface area contributed by atoms with E-state index in [9.17, 15) is 18.0 Å². The van der Waals surface area contributed by atoms with Crippen molar-refractivity contribution in [2.45, 2.75) is 75.5 Å². The first-order valence-corrected chi connectivity index (χ1v) is 18.3. The number of ether oxygens (including phenoxy) is 2. The number of methoxy groups -OCH3 is 1. The Balaban J connectivity index is 1.60. The molecule has 1 amide bonds. The Hall–Kier alpha value is -5.44. The van der Waals surface area contributed by atoms with E-state index in [1.165, 1.54) is 35.9 Å². The lowest BCUT2D eigenvalue weighted by Crippen LogP contribution is -2.50. The predicted octanol–water partition coefficient (Wildman–Crippen LogP) is 6.54. The fourth-order valence-corrected chi connectivity index (χ4v) is 8.65. The third-order valence-electron chi connectivity index (χ3n) is 9.58. The summed E-state index contributed by atoms with van der Waals surface area (Å²) in [6.07, 6.45) is 2.58. The minimum Gasteiger partial charge on any atom is -0.497 e. The van der Waals surface area contributed by atoms with Gasteiger partial charge in [-0.25, -0.2) is 27.0 Å². The van der Waals surface area contributed by atoms with Crippen LogP contribution in [0.25, 0.3) is 44.5 Å². The maximum absolute atomic E-state index is 16.3. The molecule has 0 saturated heterocycles. The summed E-state index contributed by atoms with van der Waals surface area (Å²) in [5.74, 6) is -0.905. The molecule has 4 aromatic heterocycles. The zero-order valence-electron chi connectivity index (χ0n) is 35.7. The molecule has 0 radical (unpaired) electrons. The Kier molecular flexibility index (Phi) is 7.07. The molecule has 53 heavy (non-hydrogen) atoms. The molecule has 1 aliphatic rings. The van der Waals surface area contributed by atoms with Gasteiger partial charge in [-0.2, -0.15) is 4.39 Å². The summed E-state index contributed by atoms with van der Waals surface area (Å²) < 4.78 is 109. The van der Waals surface area contributed by atoms with Crippen LogP contribution in [0.15, 0.2) is 76.7 Å². The van der Waals surface area contributed by atoms with Gasteiger partial charge in [-0.3, -0.25) is 13.8 Å². The second-order valence-corrected chi connectivity index (χ2v) is 16.2. The lowest BCUT2D eigenvalue weighted by molar-refractivity contribution is 0.0427. The quantitative estimate of drug-likeness (QED) is 0.194. The van der Waals surface area contributed by atoms with Crippen molar-refractivity contribution < 1.29 is 35.3 Å². The van der Waals surface area contributed by atoms with Crippen LogP contribution in [0.3, 0.4) is 0 Å². The number of alkyl carbamates (subject to hydrolysis) is 1. The third-order valence-corrected chi connectivity index (χ3v) is 11.3. The fraction of sp³-hybridized carbons (Fsp3) is 0.368. The Morgan fingerprint density at radius 2 is 1.77 bits per heavy atom. The predicted molar refractivity (Wildman–Crippen MR) is 199 cm³/mol. The van der Waals surface area contributed by atoms with Crippen molar-refractivity contribution in [2.75, 3.05) is 7.11 Å². The van der Waals surface area contributed by atoms with Gasteiger partial charge in [0, 0.05) is 45.5 Å². The minimum atomic E-state index is -4.74. The first-order valence-electron chi connectivity index (χ1n) is 19.9. The van der Waals surface area contributed by atoms with E-state index in [0.29, 0.717) is 27.8 Å². The Morgan fingerprint density at radius 1 is 1.08 bits per heavy atom. The highest BCUT2D eigenvalue weighted by atomic mass is 32.2. The number of fused-ring (bicyclic) bond motifs is 3. The first-order chi connectivity index (χ1) is 27.4. The Morgan fingerprint density at radius 3 is 2.38 bits per heavy atom. The van der Waals surface area contributed by atoms with Gasteiger partial charge in [0.05, 0.1) is 45.9 Å². The van der Waals surface area contributed by atoms with Crippen molar-refractivity contribution in [3.63, 3.8) is 0 Å². The van der Waals surface area contributed by atoms with Crippen LogP contribution in [0.5, 0.6) is 5.75 Å². The van der Waals surface area contributed by atoms with E-state index in [1.807, 2.05) is 6.92 Å². The number of pyridine rings is 1. The molecule has 0 atom stereocenters. The number of benzene rings is 2. The van der Waals surface area contributed by atoms with Gasteiger partial charge in [0.25, 0.3) is 10.0 Å². The number of aromatic nitrogens is 6. The molecule has 4 heterocycles. The Bertz CT molecular complexity index is 2760. The van der Waals surface area contributed by atoms with Gasteiger partial charge in [0.15, 0.2) is 5.65 Å². The molecule has 7 rings (SSSR count). The molecule has 6 aromatic rings. The molecule has 1 saturated carbocycles. The number of hydrogen-bond acceptors (Lipinski definition) is 8. The lowest BCUT2D eigenvalue weighted by atomic mass is 9.80. The zero-order chi connectivity index (χ0) is 43.0. The molecule has 1 fully saturated rings. The molecule has 2 aromatic carbocycles. The number of rotatable bonds is 7. The summed E-state index contributed by atoms with van der Waals surface area (Å²) in [7, 11) is -3.29. The van der Waals surface area contributed by atoms with Gasteiger partial charge in [-0.05, 0) is 83.2 Å². The number of halogens is 1. The summed E-state index contributed by atoms with van der Waals surface area (Å²) in [6.45, 7) is 1.07. The van der Waals surface area contributed by atoms with Gasteiger partial charge in [-0.15, -0.1) is 5.10 Å². The van der Waals surface area contributed by atoms with Crippen LogP contribution in [0, 0.1) is 5.95 Å². The molecule has 0 spiro atoms. The highest BCUT2D eigenvalue weighted by Gasteiger charge is 2.38. The Labute approximate surface area is 314 Å². The average molecular weight is 750 g/mol. The highest BCUT2D eigenvalue weighted by Crippen LogP contribution is 2.47. The summed E-state index contributed by atoms with van der Waals surface area (Å²) >= 11 is 0. The molecule has 15 heteroatoms. The second kappa shape index (κ2) is 12.9. The standard InChI is InChI=1S/C38H42FN7O6S/c1-37(2,3)52-35(47)41-38(4)19-17-24(18-20-38)45-32-28(44(6)36(45)48)21-40-34-30(32)29(23-13-15-25(51-7)16-14-23)31(27-22-43(5)42-33(27)39)46(34)53(49,50)26-11-9-8-10-12-26/h8-16,21-22,24H,17-20H2,1-7H3,(H,41,47)/i5D3,6D3. The van der Waals surface area contributed by atoms with E-state index in [1.54, 1.807) is 51.1 Å². The number of carbonyl (C=O) groups is 1. The summed E-state index contributed by atoms with van der Waals surface area (Å²) in [6, 6.07) is 12.8. The van der Waals surface area contributed by atoms with Crippen LogP contribution >= 0.6 is 0 Å². The van der Waals surface area contributed by atoms with Crippen molar-refractivity contribution in [3.8, 4) is 28.1 Å². The van der Waals surface area contributed by atoms with Crippen LogP contribution in [0.4, 0.5) is 9.18 Å². The van der Waals surface area contributed by atoms with Gasteiger partial charge < -0.3 is 14.8 Å². The van der Waals surface area contributed by atoms with E-state index in [-0.39, 0.29) is 56.6 Å². The van der Waals surface area contributed by atoms with Crippen LogP contribution in [-0.4, -0.2) is 60.6 Å². The monoisotopic (exact) mass is 749 g/mol. The SMILES string of the molecule is [2H]C([2H])([2H])n1cc(-c2c(-c3ccc(OC)cc3)c3c(ncc4c3n(C3CCC(C)(NC(=O)OC(C)(C)C)CC3)c(=O)n4C([2H])([2H])[2H])n2S(=O)(=O)c2ccccc2)c(F)n1. The van der Waals surface area contributed by atoms with Crippen LogP contribution < -0.4 is 15.7 Å². The minimum absolute atomic E-state index is 0.00234. The van der Waals surface area contributed by atoms with E-state index < -0.39 is 64.5 Å². The number of aryl methyl sites for hydroxylation is 2. The molecular weight excluding hydrogens is 702 g/mol. The fourth-order valence-electron chi connectivity index (χ4n) is 7.14. The molecule has 1 aliphatic carbocycles. The largest absolute Gasteiger partial charge is 0.497 e. The zero-order valence-corrected chi connectivity index (χ0v) is 30.5. The van der Waals surface area contributed by atoms with Crippen molar-refractivity contribution >= 4 is 38.2 Å². The molecule has 0 bridgehead atoms. The van der Waals surface area contributed by atoms with E-state index in [2.05, 4.69) is 15.4 Å². The first kappa shape index (κ1) is 29.1. The number of nitrogens with zero attached hydrogens (tertiary/aromatic N) is 6. The smallest absolute Gasteiger partial charge is 0.408 e. The number of hydrogen-bond donors (Lipinski definition) is 1. The maximum Gasteiger partial charge on any atom is 0.408 e. The lowest BCUT2D eigenvalue weighted by Gasteiger charge is -2.38. The topological polar surface area (TPSA) is 144 Å². The number of imidazole rings is 1. The summed E-state index contributed by atoms with van der Waals surface area (Å²) in [5, 5.41) is 6.52. The van der Waals surface area contributed by atoms with Gasteiger partial charge in [-0.1, -0.05) is 30.3 Å². The van der Waals surface area contributed by atoms with Crippen molar-refractivity contribution in [3.05, 3.63) is 83.4 Å². The molecule has 278 valence electrons. The molecule has 0 unspecified atom stereocenters. The molecule has 1 N–H and O–H groups in total. The molecule has 13 nitrogen and oxygen atoms in total. The van der Waals surface area contributed by atoms with Crippen LogP contribution in [-0.2, 0) is 28.7 Å². The molecule has 0 aliphatic heterocycles. The normalized spacial score (nSPS) is 20.2. The highest BCUT2D eigenvalue weighted by molar-refractivity contribution is 7.90. The molecular formula is C38H42FN7O6S. The van der Waals surface area contributed by atoms with E-state index in [4.69, 9.17) is 17.7 Å². The average Bonchev–Trinajstić information content (AvgIpc) is 3.80. The number of carbonyl (C=O) groups excluding carboxylic acids is 1. The van der Waals surface area contributed by atoms with Crippen molar-refractivity contribution in [1.82, 2.24) is 33.2 Å². The maximum atomic E-state index is 16.3. The van der Waals surface area contributed by atoms with Crippen LogP contribution in [0.1, 0.15) is 67.6 Å². The van der Waals surface area contributed by atoms with E-state index >= 15 is 4.39 Å². The van der Waals surface area contributed by atoms with Gasteiger partial charge in [0.1, 0.15) is 11.4 Å². The van der Waals surface area contributed by atoms with E-state index in [0.717, 1.165) is 16.4 Å². The van der Waals surface area contributed by atoms with Crippen molar-refractivity contribution in [2.24, 2.45) is 14.0 Å². The van der Waals surface area contributed by atoms with Gasteiger partial charge in [0.2, 0.25) is 5.95 Å². The third kappa shape index (κ3) is 6.26. The number of amides is 1. The summed E-state index contributed by atoms with van der Waals surface area (Å²) in [4.78, 5) is 31.7.